The molecule has 0 aromatic heterocycles. The number of amides is 2. The number of hydrogen-bond donors (Lipinski definition) is 1. The average Bonchev–Trinajstić information content (AvgIpc) is 2.92. The molecule has 1 saturated heterocycles. The first kappa shape index (κ1) is 18.1. The number of benzene rings is 1. The highest BCUT2D eigenvalue weighted by atomic mass is 35.5. The quantitative estimate of drug-likeness (QED) is 0.895. The Morgan fingerprint density at radius 2 is 2.17 bits per heavy atom. The Morgan fingerprint density at radius 3 is 2.83 bits per heavy atom. The van der Waals surface area contributed by atoms with Crippen molar-refractivity contribution in [3.8, 4) is 0 Å². The van der Waals surface area contributed by atoms with E-state index in [1.165, 1.54) is 0 Å². The van der Waals surface area contributed by atoms with Crippen molar-refractivity contribution in [3.05, 3.63) is 34.9 Å². The summed E-state index contributed by atoms with van der Waals surface area (Å²) >= 11 is 6.08. The maximum atomic E-state index is 12.4. The molecule has 1 N–H and O–H groups in total. The van der Waals surface area contributed by atoms with Crippen LogP contribution in [0.5, 0.6) is 0 Å². The van der Waals surface area contributed by atoms with Gasteiger partial charge in [0.2, 0.25) is 0 Å². The molecule has 1 fully saturated rings. The van der Waals surface area contributed by atoms with Gasteiger partial charge in [-0.3, -0.25) is 0 Å². The number of rotatable bonds is 5. The Labute approximate surface area is 144 Å². The van der Waals surface area contributed by atoms with Gasteiger partial charge in [-0.2, -0.15) is 0 Å². The zero-order valence-corrected chi connectivity index (χ0v) is 15.4. The van der Waals surface area contributed by atoms with Gasteiger partial charge in [-0.15, -0.1) is 0 Å². The molecule has 4 nitrogen and oxygen atoms in total. The number of hydrogen-bond acceptors (Lipinski definition) is 2. The lowest BCUT2D eigenvalue weighted by atomic mass is 9.84. The normalized spacial score (nSPS) is 18.5. The van der Waals surface area contributed by atoms with E-state index in [0.29, 0.717) is 12.5 Å². The van der Waals surface area contributed by atoms with Gasteiger partial charge in [0.25, 0.3) is 0 Å². The number of nitrogens with zero attached hydrogens (tertiary/aromatic N) is 2. The predicted octanol–water partition coefficient (Wildman–Crippen LogP) is 3.21. The molecular formula is C18H28ClN3O. The summed E-state index contributed by atoms with van der Waals surface area (Å²) in [5, 5.41) is 3.82. The van der Waals surface area contributed by atoms with E-state index in [1.807, 2.05) is 23.1 Å². The van der Waals surface area contributed by atoms with Crippen LogP contribution >= 0.6 is 11.6 Å². The number of likely N-dealkylation sites (tertiary alicyclic amines) is 1. The monoisotopic (exact) mass is 337 g/mol. The smallest absolute Gasteiger partial charge is 0.317 e. The lowest BCUT2D eigenvalue weighted by Gasteiger charge is -2.27. The summed E-state index contributed by atoms with van der Waals surface area (Å²) in [5.74, 6) is 0.580. The molecule has 1 unspecified atom stereocenters. The van der Waals surface area contributed by atoms with Crippen LogP contribution in [0.3, 0.4) is 0 Å². The molecule has 0 radical (unpaired) electrons. The van der Waals surface area contributed by atoms with Crippen molar-refractivity contribution in [1.29, 1.82) is 0 Å². The third-order valence-corrected chi connectivity index (χ3v) is 4.72. The highest BCUT2D eigenvalue weighted by Gasteiger charge is 2.28. The van der Waals surface area contributed by atoms with Crippen LogP contribution in [0.1, 0.15) is 25.8 Å². The van der Waals surface area contributed by atoms with E-state index in [0.717, 1.165) is 36.6 Å². The minimum absolute atomic E-state index is 0.0429. The fourth-order valence-corrected chi connectivity index (χ4v) is 3.29. The van der Waals surface area contributed by atoms with Crippen LogP contribution in [0.2, 0.25) is 5.02 Å². The molecule has 5 heteroatoms. The Bertz CT molecular complexity index is 545. The molecule has 2 amide bonds. The lowest BCUT2D eigenvalue weighted by molar-refractivity contribution is 0.203. The molecule has 1 atom stereocenters. The molecule has 1 aliphatic heterocycles. The summed E-state index contributed by atoms with van der Waals surface area (Å²) in [7, 11) is 4.16. The van der Waals surface area contributed by atoms with Gasteiger partial charge in [-0.05, 0) is 44.1 Å². The second-order valence-corrected chi connectivity index (χ2v) is 7.85. The van der Waals surface area contributed by atoms with Gasteiger partial charge in [-0.25, -0.2) is 4.79 Å². The first-order valence-electron chi connectivity index (χ1n) is 8.21. The van der Waals surface area contributed by atoms with Gasteiger partial charge in [0.15, 0.2) is 0 Å². The van der Waals surface area contributed by atoms with Crippen LogP contribution < -0.4 is 5.32 Å². The minimum Gasteiger partial charge on any atom is -0.337 e. The van der Waals surface area contributed by atoms with Crippen LogP contribution in [-0.4, -0.2) is 56.1 Å². The Hall–Kier alpha value is -1.26. The van der Waals surface area contributed by atoms with E-state index in [-0.39, 0.29) is 11.4 Å². The van der Waals surface area contributed by atoms with E-state index in [1.54, 1.807) is 0 Å². The number of carbonyl (C=O) groups is 1. The van der Waals surface area contributed by atoms with Crippen molar-refractivity contribution in [2.75, 3.05) is 40.3 Å². The molecule has 0 spiro atoms. The maximum Gasteiger partial charge on any atom is 0.317 e. The summed E-state index contributed by atoms with van der Waals surface area (Å²) in [4.78, 5) is 16.5. The maximum absolute atomic E-state index is 12.4. The molecule has 1 aromatic rings. The zero-order chi connectivity index (χ0) is 17.0. The number of carbonyl (C=O) groups excluding carboxylic acids is 1. The third kappa shape index (κ3) is 5.11. The van der Waals surface area contributed by atoms with Crippen molar-refractivity contribution in [1.82, 2.24) is 15.1 Å². The van der Waals surface area contributed by atoms with E-state index in [2.05, 4.69) is 44.2 Å². The fraction of sp³-hybridized carbons (Fsp3) is 0.611. The number of halogens is 1. The molecule has 0 bridgehead atoms. The van der Waals surface area contributed by atoms with E-state index in [9.17, 15) is 4.79 Å². The van der Waals surface area contributed by atoms with Crippen LogP contribution in [0.15, 0.2) is 24.3 Å². The van der Waals surface area contributed by atoms with Gasteiger partial charge in [-0.1, -0.05) is 37.6 Å². The van der Waals surface area contributed by atoms with Gasteiger partial charge in [0.05, 0.1) is 0 Å². The summed E-state index contributed by atoms with van der Waals surface area (Å²) in [6.07, 6.45) is 1.09. The van der Waals surface area contributed by atoms with Crippen LogP contribution in [0, 0.1) is 5.92 Å². The highest BCUT2D eigenvalue weighted by Crippen LogP contribution is 2.25. The molecule has 0 saturated carbocycles. The van der Waals surface area contributed by atoms with Crippen LogP contribution in [0.25, 0.3) is 0 Å². The molecular weight excluding hydrogens is 310 g/mol. The SMILES string of the molecule is CN(C)CC1CCN(C(=O)NCC(C)(C)c2cccc(Cl)c2)C1. The second kappa shape index (κ2) is 7.54. The summed E-state index contributed by atoms with van der Waals surface area (Å²) < 4.78 is 0. The first-order chi connectivity index (χ1) is 10.8. The van der Waals surface area contributed by atoms with Gasteiger partial charge < -0.3 is 15.1 Å². The van der Waals surface area contributed by atoms with Crippen molar-refractivity contribution in [2.45, 2.75) is 25.7 Å². The molecule has 128 valence electrons. The lowest BCUT2D eigenvalue weighted by Crippen LogP contribution is -2.44. The predicted molar refractivity (Wildman–Crippen MR) is 96.1 cm³/mol. The highest BCUT2D eigenvalue weighted by molar-refractivity contribution is 6.30. The molecule has 2 rings (SSSR count). The molecule has 1 aromatic carbocycles. The Kier molecular flexibility index (Phi) is 5.93. The minimum atomic E-state index is -0.149. The first-order valence-corrected chi connectivity index (χ1v) is 8.59. The topological polar surface area (TPSA) is 35.6 Å². The average molecular weight is 338 g/mol. The largest absolute Gasteiger partial charge is 0.337 e. The Balaban J connectivity index is 1.87. The summed E-state index contributed by atoms with van der Waals surface area (Å²) in [6, 6.07) is 7.89. The number of nitrogens with one attached hydrogen (secondary N) is 1. The van der Waals surface area contributed by atoms with Crippen molar-refractivity contribution < 1.29 is 4.79 Å². The van der Waals surface area contributed by atoms with Crippen molar-refractivity contribution >= 4 is 17.6 Å². The van der Waals surface area contributed by atoms with E-state index in [4.69, 9.17) is 11.6 Å². The fourth-order valence-electron chi connectivity index (χ4n) is 3.10. The molecule has 1 heterocycles. The zero-order valence-electron chi connectivity index (χ0n) is 14.6. The number of urea groups is 1. The van der Waals surface area contributed by atoms with Crippen molar-refractivity contribution in [2.24, 2.45) is 5.92 Å². The van der Waals surface area contributed by atoms with Crippen LogP contribution in [-0.2, 0) is 5.41 Å². The van der Waals surface area contributed by atoms with E-state index >= 15 is 0 Å². The molecule has 23 heavy (non-hydrogen) atoms. The van der Waals surface area contributed by atoms with Gasteiger partial charge in [0, 0.05) is 36.6 Å². The Morgan fingerprint density at radius 1 is 1.43 bits per heavy atom. The van der Waals surface area contributed by atoms with Gasteiger partial charge in [0.1, 0.15) is 0 Å². The van der Waals surface area contributed by atoms with Crippen molar-refractivity contribution in [3.63, 3.8) is 0 Å². The standard InChI is InChI=1S/C18H28ClN3O/c1-18(2,15-6-5-7-16(19)10-15)13-20-17(23)22-9-8-14(12-22)11-21(3)4/h5-7,10,14H,8-9,11-13H2,1-4H3,(H,20,23). The summed E-state index contributed by atoms with van der Waals surface area (Å²) in [6.45, 7) is 7.58. The third-order valence-electron chi connectivity index (χ3n) is 4.48. The second-order valence-electron chi connectivity index (χ2n) is 7.42. The molecule has 1 aliphatic rings. The van der Waals surface area contributed by atoms with Crippen LogP contribution in [0.4, 0.5) is 4.79 Å². The van der Waals surface area contributed by atoms with Gasteiger partial charge >= 0.3 is 6.03 Å². The summed E-state index contributed by atoms with van der Waals surface area (Å²) in [5.41, 5.74) is 0.987. The van der Waals surface area contributed by atoms with E-state index < -0.39 is 0 Å². The molecule has 0 aliphatic carbocycles.